The van der Waals surface area contributed by atoms with E-state index in [0.717, 1.165) is 6.54 Å². The molecule has 0 aromatic carbocycles. The van der Waals surface area contributed by atoms with E-state index in [1.54, 1.807) is 0 Å². The summed E-state index contributed by atoms with van der Waals surface area (Å²) in [5.41, 5.74) is 3.85. The molecule has 1 rings (SSSR count). The van der Waals surface area contributed by atoms with E-state index in [1.165, 1.54) is 42.6 Å². The van der Waals surface area contributed by atoms with Crippen LogP contribution in [0.15, 0.2) is 0 Å². The molecule has 17 heavy (non-hydrogen) atoms. The van der Waals surface area contributed by atoms with Crippen LogP contribution >= 0.6 is 0 Å². The molecule has 1 unspecified atom stereocenters. The van der Waals surface area contributed by atoms with Gasteiger partial charge in [0, 0.05) is 23.8 Å². The highest BCUT2D eigenvalue weighted by molar-refractivity contribution is 5.27. The Morgan fingerprint density at radius 1 is 1.24 bits per heavy atom. The van der Waals surface area contributed by atoms with E-state index >= 15 is 0 Å². The van der Waals surface area contributed by atoms with E-state index < -0.39 is 0 Å². The molecule has 1 aromatic heterocycles. The fraction of sp³-hybridized carbons (Fsp3) is 0.786. The fourth-order valence-electron chi connectivity index (χ4n) is 2.39. The lowest BCUT2D eigenvalue weighted by atomic mass is 10.1. The maximum atomic E-state index is 4.65. The van der Waals surface area contributed by atoms with Gasteiger partial charge in [0.05, 0.1) is 5.69 Å². The lowest BCUT2D eigenvalue weighted by Gasteiger charge is -2.11. The summed E-state index contributed by atoms with van der Waals surface area (Å²) in [6.45, 7) is 9.79. The number of aromatic nitrogens is 2. The third-order valence-electron chi connectivity index (χ3n) is 3.53. The summed E-state index contributed by atoms with van der Waals surface area (Å²) < 4.78 is 2.17. The molecule has 0 spiro atoms. The van der Waals surface area contributed by atoms with Crippen LogP contribution in [0.1, 0.15) is 62.5 Å². The van der Waals surface area contributed by atoms with E-state index in [0.29, 0.717) is 6.04 Å². The second-order valence-electron chi connectivity index (χ2n) is 4.88. The number of hydrogen-bond acceptors (Lipinski definition) is 2. The van der Waals surface area contributed by atoms with E-state index in [9.17, 15) is 0 Å². The van der Waals surface area contributed by atoms with Crippen molar-refractivity contribution in [1.29, 1.82) is 0 Å². The first-order chi connectivity index (χ1) is 8.11. The number of hydrogen-bond donors (Lipinski definition) is 1. The van der Waals surface area contributed by atoms with Crippen molar-refractivity contribution in [3.05, 3.63) is 17.0 Å². The molecule has 1 heterocycles. The molecular weight excluding hydrogens is 210 g/mol. The van der Waals surface area contributed by atoms with E-state index in [4.69, 9.17) is 0 Å². The average Bonchev–Trinajstić information content (AvgIpc) is 2.59. The van der Waals surface area contributed by atoms with Gasteiger partial charge in [-0.25, -0.2) is 0 Å². The molecule has 1 aromatic rings. The summed E-state index contributed by atoms with van der Waals surface area (Å²) in [4.78, 5) is 0. The summed E-state index contributed by atoms with van der Waals surface area (Å²) in [7, 11) is 2.00. The third-order valence-corrected chi connectivity index (χ3v) is 3.53. The van der Waals surface area contributed by atoms with Crippen molar-refractivity contribution >= 4 is 0 Å². The molecule has 98 valence electrons. The molecule has 0 amide bonds. The van der Waals surface area contributed by atoms with Gasteiger partial charge in [-0.2, -0.15) is 5.10 Å². The van der Waals surface area contributed by atoms with Crippen LogP contribution in [-0.2, 0) is 6.54 Å². The van der Waals surface area contributed by atoms with Gasteiger partial charge in [0.15, 0.2) is 0 Å². The summed E-state index contributed by atoms with van der Waals surface area (Å²) in [5, 5.41) is 7.95. The second-order valence-corrected chi connectivity index (χ2v) is 4.88. The van der Waals surface area contributed by atoms with Crippen LogP contribution in [0, 0.1) is 13.8 Å². The zero-order chi connectivity index (χ0) is 12.8. The van der Waals surface area contributed by atoms with Gasteiger partial charge in [0.25, 0.3) is 0 Å². The minimum absolute atomic E-state index is 0.388. The molecule has 0 radical (unpaired) electrons. The number of unbranched alkanes of at least 4 members (excludes halogenated alkanes) is 3. The molecule has 0 saturated carbocycles. The molecule has 0 bridgehead atoms. The minimum atomic E-state index is 0.388. The van der Waals surface area contributed by atoms with Crippen molar-refractivity contribution < 1.29 is 0 Å². The number of aryl methyl sites for hydroxylation is 2. The molecule has 0 aliphatic carbocycles. The first kappa shape index (κ1) is 14.2. The normalized spacial score (nSPS) is 13.0. The molecule has 3 nitrogen and oxygen atoms in total. The van der Waals surface area contributed by atoms with Crippen LogP contribution in [0.5, 0.6) is 0 Å². The predicted molar refractivity (Wildman–Crippen MR) is 73.3 cm³/mol. The average molecular weight is 237 g/mol. The highest BCUT2D eigenvalue weighted by Gasteiger charge is 2.15. The molecule has 0 aliphatic rings. The van der Waals surface area contributed by atoms with Crippen LogP contribution < -0.4 is 5.32 Å². The van der Waals surface area contributed by atoms with Crippen molar-refractivity contribution in [2.45, 2.75) is 66.0 Å². The van der Waals surface area contributed by atoms with Crippen molar-refractivity contribution in [3.63, 3.8) is 0 Å². The highest BCUT2D eigenvalue weighted by Crippen LogP contribution is 2.21. The number of nitrogens with one attached hydrogen (secondary N) is 1. The minimum Gasteiger partial charge on any atom is -0.313 e. The lowest BCUT2D eigenvalue weighted by Crippen LogP contribution is -2.14. The van der Waals surface area contributed by atoms with Gasteiger partial charge in [-0.1, -0.05) is 26.2 Å². The third kappa shape index (κ3) is 3.56. The Balaban J connectivity index is 2.68. The quantitative estimate of drug-likeness (QED) is 0.737. The molecule has 3 heteroatoms. The molecule has 1 N–H and O–H groups in total. The Hall–Kier alpha value is -0.830. The first-order valence-electron chi connectivity index (χ1n) is 6.83. The van der Waals surface area contributed by atoms with Gasteiger partial charge in [-0.3, -0.25) is 4.68 Å². The largest absolute Gasteiger partial charge is 0.313 e. The zero-order valence-corrected chi connectivity index (χ0v) is 12.0. The monoisotopic (exact) mass is 237 g/mol. The molecule has 0 saturated heterocycles. The smallest absolute Gasteiger partial charge is 0.0644 e. The summed E-state index contributed by atoms with van der Waals surface area (Å²) in [6.07, 6.45) is 5.17. The fourth-order valence-corrected chi connectivity index (χ4v) is 2.39. The Kier molecular flexibility index (Phi) is 5.69. The summed E-state index contributed by atoms with van der Waals surface area (Å²) in [6, 6.07) is 0.388. The highest BCUT2D eigenvalue weighted by atomic mass is 15.3. The van der Waals surface area contributed by atoms with Gasteiger partial charge in [-0.15, -0.1) is 0 Å². The van der Waals surface area contributed by atoms with Crippen LogP contribution in [0.3, 0.4) is 0 Å². The van der Waals surface area contributed by atoms with Crippen LogP contribution in [0.25, 0.3) is 0 Å². The van der Waals surface area contributed by atoms with Gasteiger partial charge in [-0.05, 0) is 34.2 Å². The predicted octanol–water partition coefficient (Wildman–Crippen LogP) is 3.36. The Morgan fingerprint density at radius 3 is 2.53 bits per heavy atom. The Labute approximate surface area is 106 Å². The molecule has 1 atom stereocenters. The van der Waals surface area contributed by atoms with E-state index in [1.807, 2.05) is 7.05 Å². The van der Waals surface area contributed by atoms with E-state index in [-0.39, 0.29) is 0 Å². The van der Waals surface area contributed by atoms with Crippen molar-refractivity contribution in [3.8, 4) is 0 Å². The lowest BCUT2D eigenvalue weighted by molar-refractivity contribution is 0.527. The summed E-state index contributed by atoms with van der Waals surface area (Å²) >= 11 is 0. The standard InChI is InChI=1S/C14H27N3/c1-6-7-8-9-10-17-13(4)14(11(2)15-5)12(3)16-17/h11,15H,6-10H2,1-5H3. The number of nitrogens with zero attached hydrogens (tertiary/aromatic N) is 2. The summed E-state index contributed by atoms with van der Waals surface area (Å²) in [5.74, 6) is 0. The van der Waals surface area contributed by atoms with Gasteiger partial charge in [0.1, 0.15) is 0 Å². The molecular formula is C14H27N3. The van der Waals surface area contributed by atoms with Gasteiger partial charge >= 0.3 is 0 Å². The Bertz CT molecular complexity index is 341. The molecule has 0 fully saturated rings. The van der Waals surface area contributed by atoms with Crippen molar-refractivity contribution in [2.24, 2.45) is 0 Å². The number of rotatable bonds is 7. The zero-order valence-electron chi connectivity index (χ0n) is 12.0. The van der Waals surface area contributed by atoms with Crippen LogP contribution in [0.2, 0.25) is 0 Å². The van der Waals surface area contributed by atoms with Gasteiger partial charge in [0.2, 0.25) is 0 Å². The van der Waals surface area contributed by atoms with Crippen molar-refractivity contribution in [2.75, 3.05) is 7.05 Å². The Morgan fingerprint density at radius 2 is 1.94 bits per heavy atom. The SMILES string of the molecule is CCCCCCn1nc(C)c(C(C)NC)c1C. The first-order valence-corrected chi connectivity index (χ1v) is 6.83. The van der Waals surface area contributed by atoms with Crippen LogP contribution in [-0.4, -0.2) is 16.8 Å². The second kappa shape index (κ2) is 6.80. The topological polar surface area (TPSA) is 29.9 Å². The van der Waals surface area contributed by atoms with Crippen molar-refractivity contribution in [1.82, 2.24) is 15.1 Å². The van der Waals surface area contributed by atoms with Gasteiger partial charge < -0.3 is 5.32 Å². The molecule has 0 aliphatic heterocycles. The maximum absolute atomic E-state index is 4.65. The maximum Gasteiger partial charge on any atom is 0.0644 e. The van der Waals surface area contributed by atoms with E-state index in [2.05, 4.69) is 42.8 Å². The van der Waals surface area contributed by atoms with Crippen LogP contribution in [0.4, 0.5) is 0 Å².